The van der Waals surface area contributed by atoms with Gasteiger partial charge in [0.25, 0.3) is 5.91 Å². The molecule has 0 saturated carbocycles. The second-order valence-corrected chi connectivity index (χ2v) is 5.90. The Kier molecular flexibility index (Phi) is 5.78. The van der Waals surface area contributed by atoms with Crippen molar-refractivity contribution in [2.24, 2.45) is 5.14 Å². The van der Waals surface area contributed by atoms with E-state index in [1.54, 1.807) is 12.1 Å². The summed E-state index contributed by atoms with van der Waals surface area (Å²) in [6.07, 6.45) is 0.261. The SMILES string of the molecule is CCOc1ccc(C(=O)NCCCS(N)(=O)=O)cc1N. The molecule has 0 spiro atoms. The first-order valence-electron chi connectivity index (χ1n) is 6.14. The molecule has 1 amide bonds. The van der Waals surface area contributed by atoms with E-state index >= 15 is 0 Å². The Bertz CT molecular complexity index is 572. The fourth-order valence-corrected chi connectivity index (χ4v) is 2.10. The van der Waals surface area contributed by atoms with Gasteiger partial charge in [0.2, 0.25) is 10.0 Å². The van der Waals surface area contributed by atoms with Crippen molar-refractivity contribution >= 4 is 21.6 Å². The highest BCUT2D eigenvalue weighted by Gasteiger charge is 2.09. The Hall–Kier alpha value is -1.80. The number of nitrogens with two attached hydrogens (primary N) is 2. The highest BCUT2D eigenvalue weighted by Crippen LogP contribution is 2.22. The molecule has 0 aliphatic heterocycles. The molecule has 0 aliphatic carbocycles. The number of nitrogen functional groups attached to an aromatic ring is 1. The summed E-state index contributed by atoms with van der Waals surface area (Å²) in [6.45, 7) is 2.55. The number of amides is 1. The van der Waals surface area contributed by atoms with Crippen LogP contribution in [0.1, 0.15) is 23.7 Å². The van der Waals surface area contributed by atoms with Crippen molar-refractivity contribution in [1.29, 1.82) is 0 Å². The van der Waals surface area contributed by atoms with Crippen molar-refractivity contribution in [1.82, 2.24) is 5.32 Å². The predicted octanol–water partition coefficient (Wildman–Crippen LogP) is 0.0759. The molecule has 112 valence electrons. The second-order valence-electron chi connectivity index (χ2n) is 4.16. The van der Waals surface area contributed by atoms with Gasteiger partial charge in [-0.25, -0.2) is 13.6 Å². The standard InChI is InChI=1S/C12H19N3O4S/c1-2-19-11-5-4-9(8-10(11)13)12(16)15-6-3-7-20(14,17)18/h4-5,8H,2-3,6-7,13H2,1H3,(H,15,16)(H2,14,17,18). The lowest BCUT2D eigenvalue weighted by molar-refractivity contribution is 0.0953. The van der Waals surface area contributed by atoms with Gasteiger partial charge < -0.3 is 15.8 Å². The van der Waals surface area contributed by atoms with Crippen molar-refractivity contribution in [2.45, 2.75) is 13.3 Å². The molecule has 0 bridgehead atoms. The van der Waals surface area contributed by atoms with Crippen LogP contribution in [0.4, 0.5) is 5.69 Å². The van der Waals surface area contributed by atoms with E-state index in [1.165, 1.54) is 6.07 Å². The molecule has 0 aromatic heterocycles. The van der Waals surface area contributed by atoms with E-state index in [4.69, 9.17) is 15.6 Å². The lowest BCUT2D eigenvalue weighted by atomic mass is 10.1. The third-order valence-electron chi connectivity index (χ3n) is 2.46. The van der Waals surface area contributed by atoms with Crippen LogP contribution in [-0.4, -0.2) is 33.2 Å². The number of carbonyl (C=O) groups is 1. The quantitative estimate of drug-likeness (QED) is 0.486. The van der Waals surface area contributed by atoms with Crippen molar-refractivity contribution in [2.75, 3.05) is 24.6 Å². The van der Waals surface area contributed by atoms with Crippen molar-refractivity contribution in [3.05, 3.63) is 23.8 Å². The van der Waals surface area contributed by atoms with Crippen LogP contribution in [0.15, 0.2) is 18.2 Å². The zero-order valence-corrected chi connectivity index (χ0v) is 12.1. The molecule has 0 unspecified atom stereocenters. The van der Waals surface area contributed by atoms with Gasteiger partial charge in [-0.05, 0) is 31.5 Å². The minimum atomic E-state index is -3.49. The maximum atomic E-state index is 11.8. The van der Waals surface area contributed by atoms with Gasteiger partial charge >= 0.3 is 0 Å². The molecule has 7 nitrogen and oxygen atoms in total. The fourth-order valence-electron chi connectivity index (χ4n) is 1.55. The van der Waals surface area contributed by atoms with Crippen LogP contribution in [-0.2, 0) is 10.0 Å². The average Bonchev–Trinajstić information content (AvgIpc) is 2.36. The zero-order valence-electron chi connectivity index (χ0n) is 11.3. The van der Waals surface area contributed by atoms with Gasteiger partial charge in [-0.2, -0.15) is 0 Å². The van der Waals surface area contributed by atoms with E-state index in [0.717, 1.165) is 0 Å². The van der Waals surface area contributed by atoms with Gasteiger partial charge in [0, 0.05) is 12.1 Å². The van der Waals surface area contributed by atoms with Gasteiger partial charge in [0.05, 0.1) is 18.0 Å². The van der Waals surface area contributed by atoms with Crippen LogP contribution in [0.5, 0.6) is 5.75 Å². The summed E-state index contributed by atoms with van der Waals surface area (Å²) in [7, 11) is -3.49. The van der Waals surface area contributed by atoms with E-state index in [9.17, 15) is 13.2 Å². The summed E-state index contributed by atoms with van der Waals surface area (Å²) >= 11 is 0. The molecule has 0 saturated heterocycles. The number of nitrogens with one attached hydrogen (secondary N) is 1. The number of rotatable bonds is 7. The van der Waals surface area contributed by atoms with Crippen LogP contribution in [0.25, 0.3) is 0 Å². The van der Waals surface area contributed by atoms with Crippen molar-refractivity contribution in [3.63, 3.8) is 0 Å². The van der Waals surface area contributed by atoms with Gasteiger partial charge in [0.1, 0.15) is 5.75 Å². The first-order chi connectivity index (χ1) is 9.33. The minimum absolute atomic E-state index is 0.168. The van der Waals surface area contributed by atoms with Gasteiger partial charge in [-0.3, -0.25) is 4.79 Å². The molecule has 1 aromatic rings. The zero-order chi connectivity index (χ0) is 15.2. The van der Waals surface area contributed by atoms with E-state index in [-0.39, 0.29) is 24.6 Å². The molecule has 8 heteroatoms. The van der Waals surface area contributed by atoms with E-state index < -0.39 is 10.0 Å². The van der Waals surface area contributed by atoms with Gasteiger partial charge in [-0.1, -0.05) is 0 Å². The smallest absolute Gasteiger partial charge is 0.251 e. The summed E-state index contributed by atoms with van der Waals surface area (Å²) in [5.41, 5.74) is 6.53. The Balaban J connectivity index is 2.53. The van der Waals surface area contributed by atoms with Crippen LogP contribution in [0.2, 0.25) is 0 Å². The molecule has 1 aromatic carbocycles. The number of ether oxygens (including phenoxy) is 1. The predicted molar refractivity (Wildman–Crippen MR) is 76.9 cm³/mol. The molecule has 0 heterocycles. The first kappa shape index (κ1) is 16.3. The van der Waals surface area contributed by atoms with Gasteiger partial charge in [0.15, 0.2) is 0 Å². The van der Waals surface area contributed by atoms with Crippen molar-refractivity contribution in [3.8, 4) is 5.75 Å². The topological polar surface area (TPSA) is 125 Å². The number of anilines is 1. The Morgan fingerprint density at radius 2 is 2.10 bits per heavy atom. The lowest BCUT2D eigenvalue weighted by Gasteiger charge is -2.09. The van der Waals surface area contributed by atoms with E-state index in [2.05, 4.69) is 5.32 Å². The maximum Gasteiger partial charge on any atom is 0.251 e. The minimum Gasteiger partial charge on any atom is -0.492 e. The number of carbonyl (C=O) groups excluding carboxylic acids is 1. The third-order valence-corrected chi connectivity index (χ3v) is 3.32. The number of hydrogen-bond donors (Lipinski definition) is 3. The lowest BCUT2D eigenvalue weighted by Crippen LogP contribution is -2.27. The van der Waals surface area contributed by atoms with Gasteiger partial charge in [-0.15, -0.1) is 0 Å². The molecular formula is C12H19N3O4S. The molecule has 0 aliphatic rings. The molecule has 0 atom stereocenters. The largest absolute Gasteiger partial charge is 0.492 e. The average molecular weight is 301 g/mol. The summed E-state index contributed by atoms with van der Waals surface area (Å²) in [5, 5.41) is 7.45. The molecule has 0 fully saturated rings. The number of primary sulfonamides is 1. The van der Waals surface area contributed by atoms with E-state index in [1.807, 2.05) is 6.92 Å². The van der Waals surface area contributed by atoms with Crippen LogP contribution >= 0.6 is 0 Å². The molecule has 1 rings (SSSR count). The summed E-state index contributed by atoms with van der Waals surface area (Å²) in [6, 6.07) is 4.73. The van der Waals surface area contributed by atoms with Crippen LogP contribution < -0.4 is 20.9 Å². The number of hydrogen-bond acceptors (Lipinski definition) is 5. The second kappa shape index (κ2) is 7.11. The normalized spacial score (nSPS) is 11.1. The molecular weight excluding hydrogens is 282 g/mol. The highest BCUT2D eigenvalue weighted by molar-refractivity contribution is 7.89. The Labute approximate surface area is 118 Å². The first-order valence-corrected chi connectivity index (χ1v) is 7.86. The van der Waals surface area contributed by atoms with Crippen LogP contribution in [0.3, 0.4) is 0 Å². The maximum absolute atomic E-state index is 11.8. The third kappa shape index (κ3) is 5.45. The summed E-state index contributed by atoms with van der Waals surface area (Å²) in [4.78, 5) is 11.8. The molecule has 5 N–H and O–H groups in total. The summed E-state index contributed by atoms with van der Waals surface area (Å²) in [5.74, 6) is 0.0334. The molecule has 0 radical (unpaired) electrons. The Morgan fingerprint density at radius 3 is 2.65 bits per heavy atom. The fraction of sp³-hybridized carbons (Fsp3) is 0.417. The van der Waals surface area contributed by atoms with E-state index in [0.29, 0.717) is 23.6 Å². The number of sulfonamides is 1. The summed E-state index contributed by atoms with van der Waals surface area (Å²) < 4.78 is 26.7. The van der Waals surface area contributed by atoms with Crippen molar-refractivity contribution < 1.29 is 17.9 Å². The molecule has 20 heavy (non-hydrogen) atoms. The Morgan fingerprint density at radius 1 is 1.40 bits per heavy atom. The number of benzene rings is 1. The highest BCUT2D eigenvalue weighted by atomic mass is 32.2. The van der Waals surface area contributed by atoms with Crippen LogP contribution in [0, 0.1) is 0 Å². The monoisotopic (exact) mass is 301 g/mol.